The van der Waals surface area contributed by atoms with Gasteiger partial charge in [0.1, 0.15) is 18.0 Å². The van der Waals surface area contributed by atoms with Gasteiger partial charge in [-0.05, 0) is 37.5 Å². The van der Waals surface area contributed by atoms with E-state index >= 15 is 0 Å². The number of nitrogens with zero attached hydrogens (tertiary/aromatic N) is 3. The van der Waals surface area contributed by atoms with Crippen molar-refractivity contribution in [1.29, 1.82) is 0 Å². The smallest absolute Gasteiger partial charge is 0.135 e. The SMILES string of the molecule is Cc1c(Cl)cccc1Nc1cc(N2CCCCCC2)ncn1. The van der Waals surface area contributed by atoms with E-state index in [2.05, 4.69) is 20.2 Å². The molecule has 5 heteroatoms. The highest BCUT2D eigenvalue weighted by Gasteiger charge is 2.12. The average Bonchev–Trinajstić information content (AvgIpc) is 2.81. The second-order valence-electron chi connectivity index (χ2n) is 5.70. The molecule has 0 bridgehead atoms. The minimum atomic E-state index is 0.756. The van der Waals surface area contributed by atoms with E-state index in [9.17, 15) is 0 Å². The monoisotopic (exact) mass is 316 g/mol. The molecule has 0 aliphatic carbocycles. The number of anilines is 3. The molecule has 1 aromatic heterocycles. The number of hydrogen-bond donors (Lipinski definition) is 1. The van der Waals surface area contributed by atoms with Gasteiger partial charge in [-0.1, -0.05) is 30.5 Å². The molecule has 1 aromatic carbocycles. The Bertz CT molecular complexity index is 636. The minimum Gasteiger partial charge on any atom is -0.356 e. The van der Waals surface area contributed by atoms with Gasteiger partial charge in [-0.2, -0.15) is 0 Å². The van der Waals surface area contributed by atoms with Gasteiger partial charge >= 0.3 is 0 Å². The van der Waals surface area contributed by atoms with Crippen LogP contribution in [0.25, 0.3) is 0 Å². The predicted octanol–water partition coefficient (Wildman–Crippen LogP) is 4.56. The largest absolute Gasteiger partial charge is 0.356 e. The summed E-state index contributed by atoms with van der Waals surface area (Å²) in [5, 5.41) is 4.10. The molecule has 1 N–H and O–H groups in total. The highest BCUT2D eigenvalue weighted by Crippen LogP contribution is 2.26. The number of benzene rings is 1. The summed E-state index contributed by atoms with van der Waals surface area (Å²) in [6, 6.07) is 7.86. The summed E-state index contributed by atoms with van der Waals surface area (Å²) in [7, 11) is 0. The molecule has 1 fully saturated rings. The molecule has 0 amide bonds. The minimum absolute atomic E-state index is 0.756. The molecular formula is C17H21ClN4. The number of nitrogens with one attached hydrogen (secondary N) is 1. The lowest BCUT2D eigenvalue weighted by atomic mass is 10.2. The van der Waals surface area contributed by atoms with Crippen LogP contribution in [0.4, 0.5) is 17.3 Å². The zero-order chi connectivity index (χ0) is 15.4. The van der Waals surface area contributed by atoms with Crippen LogP contribution in [-0.2, 0) is 0 Å². The van der Waals surface area contributed by atoms with Crippen molar-refractivity contribution < 1.29 is 0 Å². The van der Waals surface area contributed by atoms with E-state index < -0.39 is 0 Å². The summed E-state index contributed by atoms with van der Waals surface area (Å²) in [6.07, 6.45) is 6.73. The average molecular weight is 317 g/mol. The second-order valence-corrected chi connectivity index (χ2v) is 6.11. The van der Waals surface area contributed by atoms with Crippen LogP contribution in [0.3, 0.4) is 0 Å². The third kappa shape index (κ3) is 3.50. The lowest BCUT2D eigenvalue weighted by Gasteiger charge is -2.21. The van der Waals surface area contributed by atoms with Gasteiger partial charge in [0.2, 0.25) is 0 Å². The molecule has 0 unspecified atom stereocenters. The van der Waals surface area contributed by atoms with Crippen molar-refractivity contribution in [2.45, 2.75) is 32.6 Å². The van der Waals surface area contributed by atoms with E-state index in [-0.39, 0.29) is 0 Å². The van der Waals surface area contributed by atoms with E-state index in [4.69, 9.17) is 11.6 Å². The molecule has 1 saturated heterocycles. The predicted molar refractivity (Wildman–Crippen MR) is 92.2 cm³/mol. The first-order valence-electron chi connectivity index (χ1n) is 7.83. The van der Waals surface area contributed by atoms with Crippen LogP contribution in [0.15, 0.2) is 30.6 Å². The molecule has 0 saturated carbocycles. The third-order valence-corrected chi connectivity index (χ3v) is 4.52. The molecule has 0 spiro atoms. The molecule has 1 aliphatic rings. The number of halogens is 1. The Balaban J connectivity index is 1.80. The number of hydrogen-bond acceptors (Lipinski definition) is 4. The van der Waals surface area contributed by atoms with Crippen LogP contribution in [0.1, 0.15) is 31.2 Å². The third-order valence-electron chi connectivity index (χ3n) is 4.11. The molecule has 22 heavy (non-hydrogen) atoms. The van der Waals surface area contributed by atoms with Crippen molar-refractivity contribution >= 4 is 28.9 Å². The molecule has 3 rings (SSSR count). The highest BCUT2D eigenvalue weighted by molar-refractivity contribution is 6.31. The molecular weight excluding hydrogens is 296 g/mol. The van der Waals surface area contributed by atoms with Gasteiger partial charge in [0.15, 0.2) is 0 Å². The summed E-state index contributed by atoms with van der Waals surface area (Å²) < 4.78 is 0. The fourth-order valence-corrected chi connectivity index (χ4v) is 2.94. The van der Waals surface area contributed by atoms with E-state index in [0.717, 1.165) is 41.0 Å². The van der Waals surface area contributed by atoms with Crippen molar-refractivity contribution in [3.63, 3.8) is 0 Å². The zero-order valence-corrected chi connectivity index (χ0v) is 13.6. The molecule has 1 aliphatic heterocycles. The van der Waals surface area contributed by atoms with Crippen molar-refractivity contribution in [1.82, 2.24) is 9.97 Å². The summed E-state index contributed by atoms with van der Waals surface area (Å²) in [6.45, 7) is 4.15. The Hall–Kier alpha value is -1.81. The van der Waals surface area contributed by atoms with Gasteiger partial charge in [-0.15, -0.1) is 0 Å². The zero-order valence-electron chi connectivity index (χ0n) is 12.8. The first-order chi connectivity index (χ1) is 10.7. The summed E-state index contributed by atoms with van der Waals surface area (Å²) in [5.74, 6) is 1.80. The Labute approximate surface area is 136 Å². The lowest BCUT2D eigenvalue weighted by molar-refractivity contribution is 0.726. The van der Waals surface area contributed by atoms with Crippen molar-refractivity contribution in [2.75, 3.05) is 23.3 Å². The first kappa shape index (κ1) is 15.1. The topological polar surface area (TPSA) is 41.0 Å². The summed E-state index contributed by atoms with van der Waals surface area (Å²) >= 11 is 6.17. The van der Waals surface area contributed by atoms with Crippen LogP contribution in [0.2, 0.25) is 5.02 Å². The van der Waals surface area contributed by atoms with E-state index in [1.807, 2.05) is 31.2 Å². The number of rotatable bonds is 3. The van der Waals surface area contributed by atoms with E-state index in [1.54, 1.807) is 6.33 Å². The molecule has 2 aromatic rings. The van der Waals surface area contributed by atoms with Crippen molar-refractivity contribution in [3.8, 4) is 0 Å². The Kier molecular flexibility index (Phi) is 4.78. The lowest BCUT2D eigenvalue weighted by Crippen LogP contribution is -2.25. The second kappa shape index (κ2) is 6.97. The highest BCUT2D eigenvalue weighted by atomic mass is 35.5. The summed E-state index contributed by atoms with van der Waals surface area (Å²) in [5.41, 5.74) is 2.01. The van der Waals surface area contributed by atoms with Crippen LogP contribution < -0.4 is 10.2 Å². The van der Waals surface area contributed by atoms with Gasteiger partial charge in [0.05, 0.1) is 0 Å². The first-order valence-corrected chi connectivity index (χ1v) is 8.21. The van der Waals surface area contributed by atoms with Crippen molar-refractivity contribution in [2.24, 2.45) is 0 Å². The van der Waals surface area contributed by atoms with E-state index in [1.165, 1.54) is 25.7 Å². The molecule has 2 heterocycles. The fourth-order valence-electron chi connectivity index (χ4n) is 2.77. The molecule has 0 radical (unpaired) electrons. The van der Waals surface area contributed by atoms with Crippen LogP contribution in [-0.4, -0.2) is 23.1 Å². The Morgan fingerprint density at radius 3 is 2.64 bits per heavy atom. The van der Waals surface area contributed by atoms with Gasteiger partial charge in [0, 0.05) is 29.9 Å². The Morgan fingerprint density at radius 2 is 1.86 bits per heavy atom. The normalized spacial score (nSPS) is 15.5. The maximum absolute atomic E-state index is 6.17. The maximum atomic E-state index is 6.17. The Morgan fingerprint density at radius 1 is 1.09 bits per heavy atom. The van der Waals surface area contributed by atoms with Crippen LogP contribution in [0.5, 0.6) is 0 Å². The molecule has 116 valence electrons. The quantitative estimate of drug-likeness (QED) is 0.901. The number of aromatic nitrogens is 2. The van der Waals surface area contributed by atoms with Crippen molar-refractivity contribution in [3.05, 3.63) is 41.2 Å². The summed E-state index contributed by atoms with van der Waals surface area (Å²) in [4.78, 5) is 11.1. The fraction of sp³-hybridized carbons (Fsp3) is 0.412. The van der Waals surface area contributed by atoms with E-state index in [0.29, 0.717) is 0 Å². The molecule has 4 nitrogen and oxygen atoms in total. The van der Waals surface area contributed by atoms with Gasteiger partial charge in [-0.25, -0.2) is 9.97 Å². The van der Waals surface area contributed by atoms with Crippen LogP contribution >= 0.6 is 11.6 Å². The van der Waals surface area contributed by atoms with Gasteiger partial charge in [0.25, 0.3) is 0 Å². The maximum Gasteiger partial charge on any atom is 0.135 e. The van der Waals surface area contributed by atoms with Crippen LogP contribution in [0, 0.1) is 6.92 Å². The standard InChI is InChI=1S/C17H21ClN4/c1-13-14(18)7-6-8-15(13)21-16-11-17(20-12-19-16)22-9-4-2-3-5-10-22/h6-8,11-12H,2-5,9-10H2,1H3,(H,19,20,21). The van der Waals surface area contributed by atoms with Gasteiger partial charge in [-0.3, -0.25) is 0 Å². The molecule has 0 atom stereocenters. The van der Waals surface area contributed by atoms with Gasteiger partial charge < -0.3 is 10.2 Å².